The van der Waals surface area contributed by atoms with Crippen LogP contribution in [0.3, 0.4) is 0 Å². The molecule has 142 valence electrons. The number of aliphatic imine (C=N–C) groups is 1. The van der Waals surface area contributed by atoms with Crippen LogP contribution in [0.4, 0.5) is 0 Å². The van der Waals surface area contributed by atoms with Gasteiger partial charge in [0, 0.05) is 19.7 Å². The molecular weight excluding hydrogens is 314 g/mol. The zero-order chi connectivity index (χ0) is 18.5. The third-order valence-corrected chi connectivity index (χ3v) is 3.83. The van der Waals surface area contributed by atoms with E-state index in [4.69, 9.17) is 9.73 Å². The summed E-state index contributed by atoms with van der Waals surface area (Å²) in [6.45, 7) is 10.9. The normalized spacial score (nSPS) is 14.2. The fourth-order valence-corrected chi connectivity index (χ4v) is 2.71. The van der Waals surface area contributed by atoms with Crippen molar-refractivity contribution < 1.29 is 9.84 Å². The van der Waals surface area contributed by atoms with E-state index in [1.165, 1.54) is 0 Å². The molecule has 0 radical (unpaired) electrons. The van der Waals surface area contributed by atoms with Crippen LogP contribution in [0.1, 0.15) is 40.5 Å². The van der Waals surface area contributed by atoms with Gasteiger partial charge in [0.1, 0.15) is 11.9 Å². The number of benzene rings is 1. The van der Waals surface area contributed by atoms with Gasteiger partial charge in [-0.2, -0.15) is 0 Å². The van der Waals surface area contributed by atoms with Crippen molar-refractivity contribution in [3.05, 3.63) is 30.3 Å². The minimum absolute atomic E-state index is 0.0372. The van der Waals surface area contributed by atoms with Crippen LogP contribution in [0, 0.1) is 11.8 Å². The summed E-state index contributed by atoms with van der Waals surface area (Å²) in [5.74, 6) is 2.71. The second-order valence-electron chi connectivity index (χ2n) is 6.85. The van der Waals surface area contributed by atoms with E-state index in [-0.39, 0.29) is 12.7 Å². The number of nitrogens with zero attached hydrogens (tertiary/aromatic N) is 1. The van der Waals surface area contributed by atoms with Gasteiger partial charge in [-0.1, -0.05) is 32.0 Å². The second-order valence-corrected chi connectivity index (χ2v) is 6.85. The van der Waals surface area contributed by atoms with E-state index < -0.39 is 0 Å². The van der Waals surface area contributed by atoms with Crippen LogP contribution in [-0.4, -0.2) is 43.4 Å². The van der Waals surface area contributed by atoms with Gasteiger partial charge in [-0.3, -0.25) is 4.99 Å². The number of para-hydroxylation sites is 1. The molecule has 0 saturated carbocycles. The summed E-state index contributed by atoms with van der Waals surface area (Å²) in [4.78, 5) is 4.69. The molecule has 5 heteroatoms. The molecule has 0 fully saturated rings. The van der Waals surface area contributed by atoms with Crippen molar-refractivity contribution in [3.8, 4) is 5.75 Å². The number of aliphatic hydroxyl groups is 1. The van der Waals surface area contributed by atoms with Crippen LogP contribution in [0.25, 0.3) is 0 Å². The number of hydrogen-bond donors (Lipinski definition) is 3. The summed E-state index contributed by atoms with van der Waals surface area (Å²) in [7, 11) is 0. The van der Waals surface area contributed by atoms with E-state index >= 15 is 0 Å². The molecule has 2 unspecified atom stereocenters. The third-order valence-electron chi connectivity index (χ3n) is 3.83. The maximum atomic E-state index is 9.24. The van der Waals surface area contributed by atoms with E-state index in [0.717, 1.165) is 37.6 Å². The van der Waals surface area contributed by atoms with Crippen molar-refractivity contribution in [2.75, 3.05) is 26.2 Å². The Hall–Kier alpha value is -1.75. The molecule has 5 nitrogen and oxygen atoms in total. The maximum Gasteiger partial charge on any atom is 0.191 e. The Kier molecular flexibility index (Phi) is 10.7. The van der Waals surface area contributed by atoms with Gasteiger partial charge in [0.2, 0.25) is 0 Å². The molecule has 1 rings (SSSR count). The number of nitrogens with one attached hydrogen (secondary N) is 2. The molecule has 0 bridgehead atoms. The maximum absolute atomic E-state index is 9.24. The van der Waals surface area contributed by atoms with Gasteiger partial charge in [0.15, 0.2) is 5.96 Å². The number of ether oxygens (including phenoxy) is 1. The first kappa shape index (κ1) is 21.3. The van der Waals surface area contributed by atoms with Crippen molar-refractivity contribution >= 4 is 5.96 Å². The fourth-order valence-electron chi connectivity index (χ4n) is 2.71. The van der Waals surface area contributed by atoms with Gasteiger partial charge in [-0.05, 0) is 50.7 Å². The molecule has 0 amide bonds. The van der Waals surface area contributed by atoms with Gasteiger partial charge < -0.3 is 20.5 Å². The Morgan fingerprint density at radius 1 is 1.16 bits per heavy atom. The first-order valence-electron chi connectivity index (χ1n) is 9.39. The Bertz CT molecular complexity index is 477. The predicted octanol–water partition coefficient (Wildman–Crippen LogP) is 3.05. The van der Waals surface area contributed by atoms with Gasteiger partial charge in [-0.25, -0.2) is 0 Å². The topological polar surface area (TPSA) is 65.9 Å². The Balaban J connectivity index is 2.50. The molecule has 1 aromatic rings. The van der Waals surface area contributed by atoms with Crippen LogP contribution in [0.2, 0.25) is 0 Å². The lowest BCUT2D eigenvalue weighted by Gasteiger charge is -2.19. The lowest BCUT2D eigenvalue weighted by Crippen LogP contribution is -2.42. The number of hydrogen-bond acceptors (Lipinski definition) is 3. The van der Waals surface area contributed by atoms with E-state index in [2.05, 4.69) is 31.4 Å². The highest BCUT2D eigenvalue weighted by atomic mass is 16.5. The van der Waals surface area contributed by atoms with Crippen molar-refractivity contribution in [3.63, 3.8) is 0 Å². The zero-order valence-corrected chi connectivity index (χ0v) is 16.2. The Morgan fingerprint density at radius 2 is 1.88 bits per heavy atom. The first-order chi connectivity index (χ1) is 12.0. The lowest BCUT2D eigenvalue weighted by atomic mass is 9.94. The SMILES string of the molecule is CCNC(=NCC(CCO)CC(C)C)NCC(C)Oc1ccccc1. The molecule has 0 aliphatic heterocycles. The molecule has 0 aliphatic rings. The summed E-state index contributed by atoms with van der Waals surface area (Å²) >= 11 is 0. The van der Waals surface area contributed by atoms with Crippen LogP contribution in [-0.2, 0) is 0 Å². The van der Waals surface area contributed by atoms with Gasteiger partial charge in [0.05, 0.1) is 6.54 Å². The molecule has 1 aromatic carbocycles. The van der Waals surface area contributed by atoms with Gasteiger partial charge in [0.25, 0.3) is 0 Å². The molecule has 0 saturated heterocycles. The number of guanidine groups is 1. The molecule has 0 aliphatic carbocycles. The summed E-state index contributed by atoms with van der Waals surface area (Å²) < 4.78 is 5.88. The molecule has 0 aromatic heterocycles. The van der Waals surface area contributed by atoms with Crippen molar-refractivity contribution in [1.29, 1.82) is 0 Å². The first-order valence-corrected chi connectivity index (χ1v) is 9.39. The van der Waals surface area contributed by atoms with Crippen LogP contribution >= 0.6 is 0 Å². The van der Waals surface area contributed by atoms with Crippen molar-refractivity contribution in [2.24, 2.45) is 16.8 Å². The summed E-state index contributed by atoms with van der Waals surface area (Å²) in [5.41, 5.74) is 0. The minimum Gasteiger partial charge on any atom is -0.489 e. The Morgan fingerprint density at radius 3 is 2.48 bits per heavy atom. The molecule has 0 spiro atoms. The van der Waals surface area contributed by atoms with Crippen molar-refractivity contribution in [1.82, 2.24) is 10.6 Å². The lowest BCUT2D eigenvalue weighted by molar-refractivity contribution is 0.223. The van der Waals surface area contributed by atoms with Crippen LogP contribution in [0.15, 0.2) is 35.3 Å². The van der Waals surface area contributed by atoms with Crippen LogP contribution < -0.4 is 15.4 Å². The van der Waals surface area contributed by atoms with E-state index in [1.807, 2.05) is 37.3 Å². The number of aliphatic hydroxyl groups excluding tert-OH is 1. The minimum atomic E-state index is 0.0372. The standard InChI is InChI=1S/C20H35N3O2/c1-5-21-20(23-15-18(11-12-24)13-16(2)3)22-14-17(4)25-19-9-7-6-8-10-19/h6-10,16-18,24H,5,11-15H2,1-4H3,(H2,21,22,23). The largest absolute Gasteiger partial charge is 0.489 e. The zero-order valence-electron chi connectivity index (χ0n) is 16.2. The third kappa shape index (κ3) is 9.97. The molecule has 3 N–H and O–H groups in total. The van der Waals surface area contributed by atoms with Crippen LogP contribution in [0.5, 0.6) is 5.75 Å². The quantitative estimate of drug-likeness (QED) is 0.424. The summed E-state index contributed by atoms with van der Waals surface area (Å²) in [5, 5.41) is 15.9. The average molecular weight is 350 g/mol. The van der Waals surface area contributed by atoms with Gasteiger partial charge in [-0.15, -0.1) is 0 Å². The molecule has 25 heavy (non-hydrogen) atoms. The van der Waals surface area contributed by atoms with Crippen molar-refractivity contribution in [2.45, 2.75) is 46.6 Å². The van der Waals surface area contributed by atoms with E-state index in [9.17, 15) is 5.11 Å². The highest BCUT2D eigenvalue weighted by Crippen LogP contribution is 2.15. The average Bonchev–Trinajstić information content (AvgIpc) is 2.58. The summed E-state index contributed by atoms with van der Waals surface area (Å²) in [6, 6.07) is 9.84. The highest BCUT2D eigenvalue weighted by Gasteiger charge is 2.11. The number of rotatable bonds is 11. The smallest absolute Gasteiger partial charge is 0.191 e. The summed E-state index contributed by atoms with van der Waals surface area (Å²) in [6.07, 6.45) is 1.92. The molecule has 2 atom stereocenters. The predicted molar refractivity (Wildman–Crippen MR) is 105 cm³/mol. The molecular formula is C20H35N3O2. The Labute approximate surface area is 152 Å². The monoisotopic (exact) mass is 349 g/mol. The van der Waals surface area contributed by atoms with Gasteiger partial charge >= 0.3 is 0 Å². The fraction of sp³-hybridized carbons (Fsp3) is 0.650. The second kappa shape index (κ2) is 12.6. The van der Waals surface area contributed by atoms with E-state index in [0.29, 0.717) is 18.4 Å². The van der Waals surface area contributed by atoms with E-state index in [1.54, 1.807) is 0 Å². The highest BCUT2D eigenvalue weighted by molar-refractivity contribution is 5.79. The molecule has 0 heterocycles.